The van der Waals surface area contributed by atoms with E-state index in [1.54, 1.807) is 13.8 Å². The smallest absolute Gasteiger partial charge is 0.243 e. The van der Waals surface area contributed by atoms with Gasteiger partial charge in [0.15, 0.2) is 0 Å². The van der Waals surface area contributed by atoms with Gasteiger partial charge in [-0.1, -0.05) is 6.92 Å². The Balaban J connectivity index is 4.69. The van der Waals surface area contributed by atoms with Gasteiger partial charge in [-0.05, 0) is 45.6 Å². The number of nitrogens with one attached hydrogen (secondary N) is 4. The van der Waals surface area contributed by atoms with Crippen LogP contribution < -0.4 is 32.7 Å². The molecule has 2 atom stereocenters. The molecule has 2 unspecified atom stereocenters. The molecule has 0 aromatic rings. The molecule has 0 bridgehead atoms. The largest absolute Gasteiger partial charge is 0.388 e. The van der Waals surface area contributed by atoms with E-state index < -0.39 is 23.9 Å². The summed E-state index contributed by atoms with van der Waals surface area (Å²) in [5.74, 6) is -1.08. The molecule has 11 nitrogen and oxygen atoms in total. The van der Waals surface area contributed by atoms with Crippen molar-refractivity contribution in [2.45, 2.75) is 64.5 Å². The predicted molar refractivity (Wildman–Crippen MR) is 116 cm³/mol. The molecule has 0 saturated carbocycles. The van der Waals surface area contributed by atoms with Gasteiger partial charge in [0, 0.05) is 20.0 Å². The summed E-state index contributed by atoms with van der Waals surface area (Å²) < 4.78 is 0. The first-order valence-electron chi connectivity index (χ1n) is 10.3. The number of unbranched alkanes of at least 4 members (excludes halogenated alkanes) is 1. The number of hydrogen-bond donors (Lipinski definition) is 6. The van der Waals surface area contributed by atoms with E-state index in [1.165, 1.54) is 7.05 Å². The van der Waals surface area contributed by atoms with Crippen molar-refractivity contribution in [2.24, 2.45) is 16.5 Å². The van der Waals surface area contributed by atoms with E-state index >= 15 is 0 Å². The molecule has 0 aliphatic heterocycles. The zero-order valence-corrected chi connectivity index (χ0v) is 18.3. The molecule has 0 rings (SSSR count). The van der Waals surface area contributed by atoms with Crippen molar-refractivity contribution >= 4 is 29.5 Å². The number of carbonyl (C=O) groups is 4. The van der Waals surface area contributed by atoms with Crippen LogP contribution >= 0.6 is 0 Å². The van der Waals surface area contributed by atoms with Crippen molar-refractivity contribution in [2.75, 3.05) is 26.7 Å². The standard InChI is InChI=1S/C19H37N7O4/c1-4-16(27)25-15(8-5-6-10-20)19(30)24-12-17(28)26-14(18(29)22-3)9-7-11-23-13(2)21/h14-15H,4-12,20H2,1-3H3,(H2,21,23)(H,22,29)(H,24,30)(H,25,27)(H,26,28). The second kappa shape index (κ2) is 16.1. The molecule has 0 spiro atoms. The van der Waals surface area contributed by atoms with Crippen LogP contribution in [-0.2, 0) is 19.2 Å². The Labute approximate surface area is 178 Å². The van der Waals surface area contributed by atoms with Crippen LogP contribution in [0.3, 0.4) is 0 Å². The molecule has 0 aromatic carbocycles. The first-order chi connectivity index (χ1) is 14.2. The molecule has 172 valence electrons. The number of aliphatic imine (C=N–C) groups is 1. The lowest BCUT2D eigenvalue weighted by Crippen LogP contribution is -2.51. The highest BCUT2D eigenvalue weighted by Gasteiger charge is 2.22. The summed E-state index contributed by atoms with van der Waals surface area (Å²) in [7, 11) is 1.48. The maximum Gasteiger partial charge on any atom is 0.243 e. The van der Waals surface area contributed by atoms with Crippen LogP contribution in [0.15, 0.2) is 4.99 Å². The predicted octanol–water partition coefficient (Wildman–Crippen LogP) is -1.49. The third-order valence-corrected chi connectivity index (χ3v) is 4.25. The maximum absolute atomic E-state index is 12.4. The first-order valence-corrected chi connectivity index (χ1v) is 10.3. The van der Waals surface area contributed by atoms with Crippen LogP contribution in [-0.4, -0.2) is 68.2 Å². The Morgan fingerprint density at radius 2 is 1.53 bits per heavy atom. The third-order valence-electron chi connectivity index (χ3n) is 4.25. The summed E-state index contributed by atoms with van der Waals surface area (Å²) in [6.07, 6.45) is 3.03. The zero-order chi connectivity index (χ0) is 22.9. The number of amides is 4. The Morgan fingerprint density at radius 1 is 0.933 bits per heavy atom. The van der Waals surface area contributed by atoms with Crippen molar-refractivity contribution in [3.8, 4) is 0 Å². The van der Waals surface area contributed by atoms with Gasteiger partial charge < -0.3 is 32.7 Å². The van der Waals surface area contributed by atoms with E-state index in [1.807, 2.05) is 0 Å². The molecule has 0 radical (unpaired) electrons. The van der Waals surface area contributed by atoms with Gasteiger partial charge in [0.2, 0.25) is 23.6 Å². The molecule has 0 aliphatic carbocycles. The molecule has 11 heteroatoms. The summed E-state index contributed by atoms with van der Waals surface area (Å²) in [4.78, 5) is 52.3. The third kappa shape index (κ3) is 12.7. The van der Waals surface area contributed by atoms with Crippen LogP contribution in [0.4, 0.5) is 0 Å². The summed E-state index contributed by atoms with van der Waals surface area (Å²) in [5.41, 5.74) is 10.9. The zero-order valence-electron chi connectivity index (χ0n) is 18.3. The van der Waals surface area contributed by atoms with E-state index in [9.17, 15) is 19.2 Å². The van der Waals surface area contributed by atoms with E-state index in [2.05, 4.69) is 26.3 Å². The van der Waals surface area contributed by atoms with Crippen molar-refractivity contribution in [1.29, 1.82) is 0 Å². The summed E-state index contributed by atoms with van der Waals surface area (Å²) in [6.45, 7) is 4.00. The number of likely N-dealkylation sites (N-methyl/N-ethyl adjacent to an activating group) is 1. The minimum Gasteiger partial charge on any atom is -0.388 e. The minimum absolute atomic E-state index is 0.248. The molecule has 0 aliphatic rings. The average Bonchev–Trinajstić information content (AvgIpc) is 2.72. The van der Waals surface area contributed by atoms with Crippen LogP contribution in [0.25, 0.3) is 0 Å². The van der Waals surface area contributed by atoms with Gasteiger partial charge in [0.25, 0.3) is 0 Å². The Hall–Kier alpha value is -2.69. The average molecular weight is 428 g/mol. The quantitative estimate of drug-likeness (QED) is 0.105. The fourth-order valence-corrected chi connectivity index (χ4v) is 2.59. The van der Waals surface area contributed by atoms with Gasteiger partial charge in [-0.2, -0.15) is 0 Å². The lowest BCUT2D eigenvalue weighted by atomic mass is 10.1. The van der Waals surface area contributed by atoms with Crippen LogP contribution in [0.5, 0.6) is 0 Å². The molecular formula is C19H37N7O4. The Morgan fingerprint density at radius 3 is 2.10 bits per heavy atom. The lowest BCUT2D eigenvalue weighted by Gasteiger charge is -2.19. The summed E-state index contributed by atoms with van der Waals surface area (Å²) in [6, 6.07) is -1.48. The molecular weight excluding hydrogens is 390 g/mol. The van der Waals surface area contributed by atoms with Gasteiger partial charge >= 0.3 is 0 Å². The molecule has 0 aromatic heterocycles. The second-order valence-corrected chi connectivity index (χ2v) is 6.88. The normalized spacial score (nSPS) is 13.1. The van der Waals surface area contributed by atoms with E-state index in [-0.39, 0.29) is 24.8 Å². The van der Waals surface area contributed by atoms with Crippen molar-refractivity contribution in [3.63, 3.8) is 0 Å². The molecule has 0 fully saturated rings. The van der Waals surface area contributed by atoms with E-state index in [0.29, 0.717) is 44.6 Å². The molecule has 0 heterocycles. The van der Waals surface area contributed by atoms with Crippen molar-refractivity contribution in [3.05, 3.63) is 0 Å². The summed E-state index contributed by atoms with van der Waals surface area (Å²) in [5, 5.41) is 10.3. The Bertz CT molecular complexity index is 591. The fourth-order valence-electron chi connectivity index (χ4n) is 2.59. The van der Waals surface area contributed by atoms with Gasteiger partial charge in [0.05, 0.1) is 12.4 Å². The molecule has 30 heavy (non-hydrogen) atoms. The van der Waals surface area contributed by atoms with Crippen LogP contribution in [0.2, 0.25) is 0 Å². The number of carbonyl (C=O) groups excluding carboxylic acids is 4. The van der Waals surface area contributed by atoms with Gasteiger partial charge in [0.1, 0.15) is 12.1 Å². The van der Waals surface area contributed by atoms with Crippen LogP contribution in [0, 0.1) is 0 Å². The molecule has 8 N–H and O–H groups in total. The maximum atomic E-state index is 12.4. The van der Waals surface area contributed by atoms with Gasteiger partial charge in [-0.25, -0.2) is 0 Å². The molecule has 4 amide bonds. The van der Waals surface area contributed by atoms with E-state index in [4.69, 9.17) is 11.5 Å². The fraction of sp³-hybridized carbons (Fsp3) is 0.737. The number of rotatable bonds is 15. The number of amidine groups is 1. The Kier molecular flexibility index (Phi) is 14.7. The van der Waals surface area contributed by atoms with E-state index in [0.717, 1.165) is 6.42 Å². The number of hydrogen-bond acceptors (Lipinski definition) is 6. The highest BCUT2D eigenvalue weighted by atomic mass is 16.2. The monoisotopic (exact) mass is 427 g/mol. The minimum atomic E-state index is -0.743. The summed E-state index contributed by atoms with van der Waals surface area (Å²) >= 11 is 0. The highest BCUT2D eigenvalue weighted by Crippen LogP contribution is 2.02. The number of nitrogens with two attached hydrogens (primary N) is 2. The second-order valence-electron chi connectivity index (χ2n) is 6.88. The topological polar surface area (TPSA) is 181 Å². The first kappa shape index (κ1) is 27.3. The van der Waals surface area contributed by atoms with Gasteiger partial charge in [-0.3, -0.25) is 24.2 Å². The van der Waals surface area contributed by atoms with Crippen molar-refractivity contribution < 1.29 is 19.2 Å². The van der Waals surface area contributed by atoms with Crippen molar-refractivity contribution in [1.82, 2.24) is 21.3 Å². The molecule has 0 saturated heterocycles. The van der Waals surface area contributed by atoms with Crippen LogP contribution in [0.1, 0.15) is 52.4 Å². The van der Waals surface area contributed by atoms with Gasteiger partial charge in [-0.15, -0.1) is 0 Å². The lowest BCUT2D eigenvalue weighted by molar-refractivity contribution is -0.131. The highest BCUT2D eigenvalue weighted by molar-refractivity contribution is 5.92. The SMILES string of the molecule is CCC(=O)NC(CCCCN)C(=O)NCC(=O)NC(CCCN=C(C)N)C(=O)NC. The number of nitrogens with zero attached hydrogens (tertiary/aromatic N) is 1.